The molecule has 1 aromatic rings. The molecule has 0 bridgehead atoms. The molecule has 0 aliphatic carbocycles. The lowest BCUT2D eigenvalue weighted by Gasteiger charge is -2.20. The predicted molar refractivity (Wildman–Crippen MR) is 75.4 cm³/mol. The van der Waals surface area contributed by atoms with Crippen molar-refractivity contribution in [3.05, 3.63) is 29.3 Å². The lowest BCUT2D eigenvalue weighted by Crippen LogP contribution is -2.19. The number of carbonyl (C=O) groups excluding carboxylic acids is 1. The van der Waals surface area contributed by atoms with Crippen molar-refractivity contribution in [3.8, 4) is 5.75 Å². The van der Waals surface area contributed by atoms with E-state index in [1.165, 1.54) is 12.7 Å². The summed E-state index contributed by atoms with van der Waals surface area (Å²) >= 11 is 0. The third-order valence-corrected chi connectivity index (χ3v) is 3.29. The van der Waals surface area contributed by atoms with Crippen LogP contribution >= 0.6 is 0 Å². The van der Waals surface area contributed by atoms with Crippen LogP contribution in [0.3, 0.4) is 0 Å². The lowest BCUT2D eigenvalue weighted by atomic mass is 9.98. The molecule has 0 radical (unpaired) electrons. The third-order valence-electron chi connectivity index (χ3n) is 3.29. The molecular formula is C15H23NO3. The average molecular weight is 265 g/mol. The molecule has 0 saturated carbocycles. The molecule has 0 heterocycles. The zero-order valence-corrected chi connectivity index (χ0v) is 12.2. The van der Waals surface area contributed by atoms with Crippen LogP contribution in [-0.2, 0) is 16.0 Å². The number of methoxy groups -OCH3 is 2. The molecule has 1 atom stereocenters. The van der Waals surface area contributed by atoms with E-state index in [-0.39, 0.29) is 12.0 Å². The van der Waals surface area contributed by atoms with Crippen molar-refractivity contribution in [2.24, 2.45) is 0 Å². The van der Waals surface area contributed by atoms with E-state index < -0.39 is 0 Å². The topological polar surface area (TPSA) is 47.6 Å². The first-order chi connectivity index (χ1) is 9.15. The first-order valence-electron chi connectivity index (χ1n) is 6.57. The highest BCUT2D eigenvalue weighted by molar-refractivity contribution is 5.69. The fourth-order valence-electron chi connectivity index (χ4n) is 2.10. The molecule has 106 valence electrons. The van der Waals surface area contributed by atoms with Gasteiger partial charge in [0.05, 0.1) is 14.2 Å². The van der Waals surface area contributed by atoms with E-state index in [0.29, 0.717) is 12.8 Å². The Morgan fingerprint density at radius 2 is 2.11 bits per heavy atom. The van der Waals surface area contributed by atoms with Crippen LogP contribution < -0.4 is 10.1 Å². The number of ether oxygens (including phenoxy) is 2. The lowest BCUT2D eigenvalue weighted by molar-refractivity contribution is -0.140. The Morgan fingerprint density at radius 1 is 1.37 bits per heavy atom. The number of aryl methyl sites for hydroxylation is 1. The SMILES string of the molecule is CCc1ccc(OC)c(C(CCC(=O)OC)NC)c1. The Morgan fingerprint density at radius 3 is 2.63 bits per heavy atom. The summed E-state index contributed by atoms with van der Waals surface area (Å²) < 4.78 is 10.1. The van der Waals surface area contributed by atoms with Crippen molar-refractivity contribution in [2.45, 2.75) is 32.2 Å². The van der Waals surface area contributed by atoms with E-state index >= 15 is 0 Å². The molecule has 1 aromatic carbocycles. The van der Waals surface area contributed by atoms with Gasteiger partial charge in [0.1, 0.15) is 5.75 Å². The van der Waals surface area contributed by atoms with E-state index in [2.05, 4.69) is 29.1 Å². The van der Waals surface area contributed by atoms with Crippen LogP contribution in [0, 0.1) is 0 Å². The van der Waals surface area contributed by atoms with Gasteiger partial charge in [0.2, 0.25) is 0 Å². The van der Waals surface area contributed by atoms with Crippen molar-refractivity contribution in [1.29, 1.82) is 0 Å². The van der Waals surface area contributed by atoms with Gasteiger partial charge in [-0.05, 0) is 31.5 Å². The Kier molecular flexibility index (Phi) is 6.36. The van der Waals surface area contributed by atoms with Crippen LogP contribution in [-0.4, -0.2) is 27.2 Å². The molecule has 4 heteroatoms. The van der Waals surface area contributed by atoms with Crippen molar-refractivity contribution in [2.75, 3.05) is 21.3 Å². The zero-order chi connectivity index (χ0) is 14.3. The minimum atomic E-state index is -0.189. The van der Waals surface area contributed by atoms with Crippen molar-refractivity contribution >= 4 is 5.97 Å². The van der Waals surface area contributed by atoms with Gasteiger partial charge in [0.25, 0.3) is 0 Å². The number of hydrogen-bond acceptors (Lipinski definition) is 4. The summed E-state index contributed by atoms with van der Waals surface area (Å²) in [5.41, 5.74) is 2.35. The van der Waals surface area contributed by atoms with Crippen LogP contribution in [0.25, 0.3) is 0 Å². The van der Waals surface area contributed by atoms with Gasteiger partial charge in [-0.15, -0.1) is 0 Å². The van der Waals surface area contributed by atoms with E-state index in [9.17, 15) is 4.79 Å². The summed E-state index contributed by atoms with van der Waals surface area (Å²) in [6.45, 7) is 2.12. The summed E-state index contributed by atoms with van der Waals surface area (Å²) in [7, 11) is 4.96. The first kappa shape index (κ1) is 15.5. The standard InChI is InChI=1S/C15H23NO3/c1-5-11-6-8-14(18-3)12(10-11)13(16-2)7-9-15(17)19-4/h6,8,10,13,16H,5,7,9H2,1-4H3. The molecule has 0 saturated heterocycles. The highest BCUT2D eigenvalue weighted by Gasteiger charge is 2.16. The second kappa shape index (κ2) is 7.79. The monoisotopic (exact) mass is 265 g/mol. The van der Waals surface area contributed by atoms with Gasteiger partial charge >= 0.3 is 5.97 Å². The Hall–Kier alpha value is -1.55. The van der Waals surface area contributed by atoms with E-state index in [4.69, 9.17) is 4.74 Å². The average Bonchev–Trinajstić information content (AvgIpc) is 2.47. The smallest absolute Gasteiger partial charge is 0.305 e. The third kappa shape index (κ3) is 4.24. The molecule has 1 unspecified atom stereocenters. The molecule has 4 nitrogen and oxygen atoms in total. The van der Waals surface area contributed by atoms with Gasteiger partial charge in [0, 0.05) is 18.0 Å². The molecule has 0 aliphatic rings. The van der Waals surface area contributed by atoms with E-state index in [1.54, 1.807) is 7.11 Å². The number of esters is 1. The highest BCUT2D eigenvalue weighted by Crippen LogP contribution is 2.29. The number of hydrogen-bond donors (Lipinski definition) is 1. The maximum Gasteiger partial charge on any atom is 0.305 e. The van der Waals surface area contributed by atoms with Crippen LogP contribution in [0.5, 0.6) is 5.75 Å². The predicted octanol–water partition coefficient (Wildman–Crippen LogP) is 2.47. The maximum atomic E-state index is 11.3. The molecule has 0 spiro atoms. The van der Waals surface area contributed by atoms with Crippen LogP contribution in [0.4, 0.5) is 0 Å². The molecule has 0 aromatic heterocycles. The normalized spacial score (nSPS) is 12.0. The van der Waals surface area contributed by atoms with Crippen molar-refractivity contribution in [3.63, 3.8) is 0 Å². The maximum absolute atomic E-state index is 11.3. The number of nitrogens with one attached hydrogen (secondary N) is 1. The second-order valence-electron chi connectivity index (χ2n) is 4.39. The van der Waals surface area contributed by atoms with Crippen LogP contribution in [0.1, 0.15) is 36.9 Å². The summed E-state index contributed by atoms with van der Waals surface area (Å²) in [5.74, 6) is 0.660. The van der Waals surface area contributed by atoms with E-state index in [1.807, 2.05) is 13.1 Å². The minimum Gasteiger partial charge on any atom is -0.496 e. The van der Waals surface area contributed by atoms with Gasteiger partial charge in [-0.1, -0.05) is 19.1 Å². The molecule has 1 rings (SSSR count). The molecule has 0 aliphatic heterocycles. The zero-order valence-electron chi connectivity index (χ0n) is 12.2. The Bertz CT molecular complexity index is 418. The van der Waals surface area contributed by atoms with Crippen LogP contribution in [0.2, 0.25) is 0 Å². The van der Waals surface area contributed by atoms with Crippen molar-refractivity contribution < 1.29 is 14.3 Å². The molecule has 1 N–H and O–H groups in total. The molecular weight excluding hydrogens is 242 g/mol. The van der Waals surface area contributed by atoms with Gasteiger partial charge in [0.15, 0.2) is 0 Å². The van der Waals surface area contributed by atoms with E-state index in [0.717, 1.165) is 17.7 Å². The van der Waals surface area contributed by atoms with Crippen molar-refractivity contribution in [1.82, 2.24) is 5.32 Å². The molecule has 0 amide bonds. The fourth-order valence-corrected chi connectivity index (χ4v) is 2.10. The highest BCUT2D eigenvalue weighted by atomic mass is 16.5. The first-order valence-corrected chi connectivity index (χ1v) is 6.57. The van der Waals surface area contributed by atoms with Gasteiger partial charge in [-0.25, -0.2) is 0 Å². The number of benzene rings is 1. The van der Waals surface area contributed by atoms with Gasteiger partial charge in [-0.2, -0.15) is 0 Å². The Labute approximate surface area is 115 Å². The Balaban J connectivity index is 2.92. The van der Waals surface area contributed by atoms with Gasteiger partial charge in [-0.3, -0.25) is 4.79 Å². The summed E-state index contributed by atoms with van der Waals surface area (Å²) in [4.78, 5) is 11.3. The molecule has 0 fully saturated rings. The largest absolute Gasteiger partial charge is 0.496 e. The quantitative estimate of drug-likeness (QED) is 0.769. The second-order valence-corrected chi connectivity index (χ2v) is 4.39. The molecule has 19 heavy (non-hydrogen) atoms. The summed E-state index contributed by atoms with van der Waals surface area (Å²) in [6.07, 6.45) is 2.05. The number of carbonyl (C=O) groups is 1. The summed E-state index contributed by atoms with van der Waals surface area (Å²) in [6, 6.07) is 6.27. The minimum absolute atomic E-state index is 0.0838. The fraction of sp³-hybridized carbons (Fsp3) is 0.533. The summed E-state index contributed by atoms with van der Waals surface area (Å²) in [5, 5.41) is 3.24. The number of rotatable bonds is 7. The van der Waals surface area contributed by atoms with Crippen LogP contribution in [0.15, 0.2) is 18.2 Å². The van der Waals surface area contributed by atoms with Gasteiger partial charge < -0.3 is 14.8 Å².